The number of anilines is 1. The van der Waals surface area contributed by atoms with Gasteiger partial charge in [-0.25, -0.2) is 0 Å². The van der Waals surface area contributed by atoms with Crippen LogP contribution >= 0.6 is 0 Å². The van der Waals surface area contributed by atoms with Crippen molar-refractivity contribution in [3.63, 3.8) is 0 Å². The summed E-state index contributed by atoms with van der Waals surface area (Å²) in [5, 5.41) is 19.9. The van der Waals surface area contributed by atoms with Crippen LogP contribution in [0.15, 0.2) is 78.9 Å². The second kappa shape index (κ2) is 12.5. The summed E-state index contributed by atoms with van der Waals surface area (Å²) in [6, 6.07) is 23.6. The fraction of sp³-hybridized carbons (Fsp3) is 0.259. The van der Waals surface area contributed by atoms with Gasteiger partial charge in [0, 0.05) is 31.3 Å². The molecule has 0 bridgehead atoms. The van der Waals surface area contributed by atoms with Gasteiger partial charge in [0.05, 0.1) is 19.3 Å². The maximum atomic E-state index is 12.9. The first-order valence-corrected chi connectivity index (χ1v) is 11.2. The summed E-state index contributed by atoms with van der Waals surface area (Å²) in [5.74, 6) is 0.311. The fourth-order valence-corrected chi connectivity index (χ4v) is 3.60. The first-order valence-electron chi connectivity index (χ1n) is 11.2. The van der Waals surface area contributed by atoms with E-state index in [-0.39, 0.29) is 11.8 Å². The molecule has 0 aliphatic carbocycles. The third-order valence-corrected chi connectivity index (χ3v) is 5.36. The lowest BCUT2D eigenvalue weighted by molar-refractivity contribution is -0.114. The highest BCUT2D eigenvalue weighted by molar-refractivity contribution is 5.95. The third-order valence-electron chi connectivity index (χ3n) is 5.36. The Kier molecular flexibility index (Phi) is 9.20. The molecule has 34 heavy (non-hydrogen) atoms. The van der Waals surface area contributed by atoms with E-state index in [4.69, 9.17) is 4.74 Å². The minimum atomic E-state index is -0.812. The molecule has 0 unspecified atom stereocenters. The highest BCUT2D eigenvalue weighted by Crippen LogP contribution is 2.13. The van der Waals surface area contributed by atoms with Crippen LogP contribution in [0, 0.1) is 0 Å². The van der Waals surface area contributed by atoms with Gasteiger partial charge in [-0.2, -0.15) is 0 Å². The molecule has 178 valence electrons. The quantitative estimate of drug-likeness (QED) is 0.352. The van der Waals surface area contributed by atoms with Crippen LogP contribution in [-0.2, 0) is 17.8 Å². The van der Waals surface area contributed by atoms with Gasteiger partial charge >= 0.3 is 0 Å². The summed E-state index contributed by atoms with van der Waals surface area (Å²) in [5.41, 5.74) is 3.12. The van der Waals surface area contributed by atoms with Crippen molar-refractivity contribution in [3.8, 4) is 5.75 Å². The average Bonchev–Trinajstić information content (AvgIpc) is 2.84. The first-order chi connectivity index (χ1) is 16.4. The summed E-state index contributed by atoms with van der Waals surface area (Å²) < 4.78 is 5.25. The van der Waals surface area contributed by atoms with Crippen molar-refractivity contribution in [1.82, 2.24) is 10.6 Å². The number of nitrogens with one attached hydrogen (secondary N) is 3. The molecule has 0 heterocycles. The SMILES string of the molecule is COc1cccc(CNC[C@@H](O)[C@H](Cc2ccccc2)NC(=O)c2ccc(NC(C)=O)cc2)c1. The number of carbonyl (C=O) groups excluding carboxylic acids is 2. The van der Waals surface area contributed by atoms with E-state index in [1.165, 1.54) is 6.92 Å². The van der Waals surface area contributed by atoms with E-state index in [1.54, 1.807) is 31.4 Å². The monoisotopic (exact) mass is 461 g/mol. The van der Waals surface area contributed by atoms with Crippen molar-refractivity contribution >= 4 is 17.5 Å². The molecule has 4 N–H and O–H groups in total. The Morgan fingerprint density at radius 1 is 0.941 bits per heavy atom. The van der Waals surface area contributed by atoms with E-state index in [0.29, 0.717) is 30.8 Å². The van der Waals surface area contributed by atoms with Gasteiger partial charge in [0.2, 0.25) is 5.91 Å². The second-order valence-corrected chi connectivity index (χ2v) is 8.08. The van der Waals surface area contributed by atoms with Crippen molar-refractivity contribution in [2.24, 2.45) is 0 Å². The minimum Gasteiger partial charge on any atom is -0.497 e. The zero-order valence-electron chi connectivity index (χ0n) is 19.5. The van der Waals surface area contributed by atoms with Gasteiger partial charge < -0.3 is 25.8 Å². The van der Waals surface area contributed by atoms with Gasteiger partial charge in [-0.3, -0.25) is 9.59 Å². The van der Waals surface area contributed by atoms with Crippen molar-refractivity contribution < 1.29 is 19.4 Å². The number of amides is 2. The van der Waals surface area contributed by atoms with E-state index in [9.17, 15) is 14.7 Å². The van der Waals surface area contributed by atoms with Crippen LogP contribution in [0.4, 0.5) is 5.69 Å². The molecule has 0 aromatic heterocycles. The van der Waals surface area contributed by atoms with Crippen LogP contribution in [0.3, 0.4) is 0 Å². The molecule has 0 radical (unpaired) electrons. The molecule has 0 aliphatic rings. The molecule has 7 heteroatoms. The van der Waals surface area contributed by atoms with Crippen LogP contribution in [0.2, 0.25) is 0 Å². The van der Waals surface area contributed by atoms with E-state index in [0.717, 1.165) is 16.9 Å². The molecule has 2 atom stereocenters. The molecular formula is C27H31N3O4. The number of benzene rings is 3. The number of aliphatic hydroxyl groups is 1. The predicted octanol–water partition coefficient (Wildman–Crippen LogP) is 3.15. The third kappa shape index (κ3) is 7.72. The summed E-state index contributed by atoms with van der Waals surface area (Å²) in [4.78, 5) is 24.1. The van der Waals surface area contributed by atoms with Crippen LogP contribution in [0.1, 0.15) is 28.4 Å². The lowest BCUT2D eigenvalue weighted by Gasteiger charge is -2.25. The Bertz CT molecular complexity index is 1070. The first kappa shape index (κ1) is 25.0. The normalized spacial score (nSPS) is 12.4. The van der Waals surface area contributed by atoms with Gasteiger partial charge in [0.15, 0.2) is 0 Å². The largest absolute Gasteiger partial charge is 0.497 e. The van der Waals surface area contributed by atoms with Crippen molar-refractivity contribution in [3.05, 3.63) is 95.6 Å². The lowest BCUT2D eigenvalue weighted by Crippen LogP contribution is -2.48. The predicted molar refractivity (Wildman–Crippen MR) is 133 cm³/mol. The molecule has 3 aromatic rings. The number of aliphatic hydroxyl groups excluding tert-OH is 1. The minimum absolute atomic E-state index is 0.176. The topological polar surface area (TPSA) is 99.7 Å². The number of carbonyl (C=O) groups is 2. The van der Waals surface area contributed by atoms with E-state index in [1.807, 2.05) is 54.6 Å². The molecule has 3 rings (SSSR count). The lowest BCUT2D eigenvalue weighted by atomic mass is 10.0. The number of methoxy groups -OCH3 is 1. The Labute approximate surface area is 200 Å². The zero-order chi connectivity index (χ0) is 24.3. The number of hydrogen-bond acceptors (Lipinski definition) is 5. The van der Waals surface area contributed by atoms with Gasteiger partial charge in [0.1, 0.15) is 5.75 Å². The Balaban J connectivity index is 1.64. The zero-order valence-corrected chi connectivity index (χ0v) is 19.5. The molecule has 3 aromatic carbocycles. The Morgan fingerprint density at radius 2 is 1.65 bits per heavy atom. The Hall–Kier alpha value is -3.68. The summed E-state index contributed by atoms with van der Waals surface area (Å²) in [6.45, 7) is 2.29. The van der Waals surface area contributed by atoms with E-state index >= 15 is 0 Å². The van der Waals surface area contributed by atoms with Crippen molar-refractivity contribution in [2.45, 2.75) is 32.0 Å². The molecule has 0 spiro atoms. The van der Waals surface area contributed by atoms with Gasteiger partial charge in [-0.1, -0.05) is 42.5 Å². The molecule has 7 nitrogen and oxygen atoms in total. The number of rotatable bonds is 11. The van der Waals surface area contributed by atoms with Crippen LogP contribution < -0.4 is 20.7 Å². The highest BCUT2D eigenvalue weighted by atomic mass is 16.5. The number of hydrogen-bond donors (Lipinski definition) is 4. The molecule has 0 fully saturated rings. The maximum Gasteiger partial charge on any atom is 0.251 e. The van der Waals surface area contributed by atoms with Crippen molar-refractivity contribution in [2.75, 3.05) is 19.0 Å². The van der Waals surface area contributed by atoms with E-state index in [2.05, 4.69) is 16.0 Å². The summed E-state index contributed by atoms with van der Waals surface area (Å²) >= 11 is 0. The van der Waals surface area contributed by atoms with Crippen LogP contribution in [0.25, 0.3) is 0 Å². The standard InChI is InChI=1S/C27H31N3O4/c1-19(31)29-23-13-11-22(12-14-23)27(33)30-25(16-20-7-4-3-5-8-20)26(32)18-28-17-21-9-6-10-24(15-21)34-2/h3-15,25-26,28,32H,16-18H2,1-2H3,(H,29,31)(H,30,33)/t25-,26+/m0/s1. The molecular weight excluding hydrogens is 430 g/mol. The van der Waals surface area contributed by atoms with Crippen LogP contribution in [-0.4, -0.2) is 42.7 Å². The summed E-state index contributed by atoms with van der Waals surface area (Å²) in [7, 11) is 1.63. The smallest absolute Gasteiger partial charge is 0.251 e. The molecule has 0 aliphatic heterocycles. The van der Waals surface area contributed by atoms with Gasteiger partial charge in [-0.05, 0) is 53.9 Å². The van der Waals surface area contributed by atoms with Gasteiger partial charge in [-0.15, -0.1) is 0 Å². The van der Waals surface area contributed by atoms with Crippen LogP contribution in [0.5, 0.6) is 5.75 Å². The van der Waals surface area contributed by atoms with Gasteiger partial charge in [0.25, 0.3) is 5.91 Å². The second-order valence-electron chi connectivity index (χ2n) is 8.08. The van der Waals surface area contributed by atoms with Crippen molar-refractivity contribution in [1.29, 1.82) is 0 Å². The summed E-state index contributed by atoms with van der Waals surface area (Å²) in [6.07, 6.45) is -0.327. The highest BCUT2D eigenvalue weighted by Gasteiger charge is 2.22. The fourth-order valence-electron chi connectivity index (χ4n) is 3.60. The number of ether oxygens (including phenoxy) is 1. The average molecular weight is 462 g/mol. The Morgan fingerprint density at radius 3 is 2.32 bits per heavy atom. The molecule has 0 saturated heterocycles. The molecule has 2 amide bonds. The van der Waals surface area contributed by atoms with E-state index < -0.39 is 12.1 Å². The molecule has 0 saturated carbocycles. The maximum absolute atomic E-state index is 12.9.